The molecule has 2 N–H and O–H groups in total. The van der Waals surface area contributed by atoms with Crippen LogP contribution in [0.1, 0.15) is 31.2 Å². The van der Waals surface area contributed by atoms with Gasteiger partial charge in [0.25, 0.3) is 0 Å². The maximum atomic E-state index is 11.1. The zero-order valence-corrected chi connectivity index (χ0v) is 12.6. The average molecular weight is 308 g/mol. The highest BCUT2D eigenvalue weighted by molar-refractivity contribution is 6.30. The second-order valence-corrected chi connectivity index (χ2v) is 5.64. The molecule has 0 spiro atoms. The molecule has 0 aromatic heterocycles. The van der Waals surface area contributed by atoms with Crippen molar-refractivity contribution in [2.45, 2.75) is 37.3 Å². The summed E-state index contributed by atoms with van der Waals surface area (Å²) in [5.74, 6) is 5.92. The molecule has 1 aliphatic rings. The molecule has 0 heterocycles. The predicted octanol–water partition coefficient (Wildman–Crippen LogP) is 2.72. The van der Waals surface area contributed by atoms with Crippen LogP contribution in [0.2, 0.25) is 5.02 Å². The molecule has 1 aromatic rings. The van der Waals surface area contributed by atoms with Gasteiger partial charge in [-0.15, -0.1) is 0 Å². The summed E-state index contributed by atoms with van der Waals surface area (Å²) in [7, 11) is 1.34. The molecule has 0 atom stereocenters. The van der Waals surface area contributed by atoms with Crippen LogP contribution in [-0.4, -0.2) is 30.0 Å². The lowest BCUT2D eigenvalue weighted by molar-refractivity contribution is 0.0503. The first-order valence-corrected chi connectivity index (χ1v) is 7.24. The molecule has 1 amide bonds. The van der Waals surface area contributed by atoms with Gasteiger partial charge in [0.05, 0.1) is 7.11 Å². The van der Waals surface area contributed by atoms with Gasteiger partial charge in [0, 0.05) is 16.6 Å². The summed E-state index contributed by atoms with van der Waals surface area (Å²) in [6.07, 6.45) is 1.99. The number of amides is 1. The Balaban J connectivity index is 1.93. The van der Waals surface area contributed by atoms with Crippen molar-refractivity contribution in [2.75, 3.05) is 7.11 Å². The molecule has 0 unspecified atom stereocenters. The molecule has 0 aliphatic heterocycles. The van der Waals surface area contributed by atoms with E-state index in [4.69, 9.17) is 11.6 Å². The van der Waals surface area contributed by atoms with E-state index in [0.717, 1.165) is 5.56 Å². The zero-order valence-electron chi connectivity index (χ0n) is 11.9. The number of rotatable bonds is 1. The Morgan fingerprint density at radius 1 is 1.38 bits per heavy atom. The lowest BCUT2D eigenvalue weighted by Gasteiger charge is -2.32. The molecule has 21 heavy (non-hydrogen) atoms. The first-order chi connectivity index (χ1) is 10.0. The topological polar surface area (TPSA) is 58.6 Å². The Morgan fingerprint density at radius 2 is 2.00 bits per heavy atom. The fraction of sp³-hybridized carbons (Fsp3) is 0.438. The van der Waals surface area contributed by atoms with Crippen LogP contribution in [-0.2, 0) is 4.74 Å². The van der Waals surface area contributed by atoms with Crippen LogP contribution in [0.25, 0.3) is 0 Å². The third-order valence-electron chi connectivity index (χ3n) is 3.60. The number of benzene rings is 1. The average Bonchev–Trinajstić information content (AvgIpc) is 2.49. The van der Waals surface area contributed by atoms with Gasteiger partial charge in [-0.2, -0.15) is 0 Å². The molecular formula is C16H18ClNO3. The van der Waals surface area contributed by atoms with Crippen LogP contribution in [0.4, 0.5) is 4.79 Å². The minimum absolute atomic E-state index is 0.0371. The number of hydrogen-bond acceptors (Lipinski definition) is 3. The normalized spacial score (nSPS) is 24.6. The molecule has 4 nitrogen and oxygen atoms in total. The summed E-state index contributed by atoms with van der Waals surface area (Å²) in [6, 6.07) is 7.22. The number of nitrogens with one attached hydrogen (secondary N) is 1. The minimum Gasteiger partial charge on any atom is -0.453 e. The quantitative estimate of drug-likeness (QED) is 0.784. The van der Waals surface area contributed by atoms with E-state index in [1.807, 2.05) is 12.1 Å². The Labute approximate surface area is 129 Å². The number of methoxy groups -OCH3 is 1. The predicted molar refractivity (Wildman–Crippen MR) is 81.1 cm³/mol. The molecule has 112 valence electrons. The van der Waals surface area contributed by atoms with Crippen LogP contribution in [0.15, 0.2) is 24.3 Å². The van der Waals surface area contributed by atoms with Crippen molar-refractivity contribution in [1.29, 1.82) is 0 Å². The fourth-order valence-corrected chi connectivity index (χ4v) is 2.44. The van der Waals surface area contributed by atoms with E-state index >= 15 is 0 Å². The Kier molecular flexibility index (Phi) is 5.11. The molecule has 5 heteroatoms. The molecule has 0 saturated heterocycles. The number of carbonyl (C=O) groups is 1. The number of alkyl carbamates (subject to hydrolysis) is 1. The summed E-state index contributed by atoms with van der Waals surface area (Å²) in [4.78, 5) is 11.1. The van der Waals surface area contributed by atoms with Crippen LogP contribution in [0, 0.1) is 11.8 Å². The van der Waals surface area contributed by atoms with Crippen molar-refractivity contribution >= 4 is 17.7 Å². The fourth-order valence-electron chi connectivity index (χ4n) is 2.31. The molecule has 0 radical (unpaired) electrons. The van der Waals surface area contributed by atoms with Gasteiger partial charge >= 0.3 is 6.09 Å². The van der Waals surface area contributed by atoms with Gasteiger partial charge in [0.2, 0.25) is 0 Å². The van der Waals surface area contributed by atoms with Gasteiger partial charge in [0.15, 0.2) is 0 Å². The standard InChI is InChI=1S/C16H18ClNO3/c1-21-15(19)18-14-7-10-16(20,11-8-14)9-6-12-2-4-13(17)5-3-12/h2-5,14,20H,7-8,10-11H2,1H3,(H,18,19)/t14-,16+. The number of halogens is 1. The van der Waals surface area contributed by atoms with Gasteiger partial charge in [-0.3, -0.25) is 0 Å². The van der Waals surface area contributed by atoms with E-state index in [1.165, 1.54) is 7.11 Å². The molecular weight excluding hydrogens is 290 g/mol. The number of ether oxygens (including phenoxy) is 1. The van der Waals surface area contributed by atoms with Gasteiger partial charge in [0.1, 0.15) is 5.60 Å². The van der Waals surface area contributed by atoms with Crippen LogP contribution in [0.5, 0.6) is 0 Å². The first-order valence-electron chi connectivity index (χ1n) is 6.86. The van der Waals surface area contributed by atoms with E-state index in [1.54, 1.807) is 12.1 Å². The second kappa shape index (κ2) is 6.84. The minimum atomic E-state index is -0.992. The zero-order chi connectivity index (χ0) is 15.3. The van der Waals surface area contributed by atoms with Crippen molar-refractivity contribution in [2.24, 2.45) is 0 Å². The highest BCUT2D eigenvalue weighted by Gasteiger charge is 2.32. The summed E-state index contributed by atoms with van der Waals surface area (Å²) < 4.78 is 4.57. The number of aliphatic hydroxyl groups is 1. The first kappa shape index (κ1) is 15.7. The maximum Gasteiger partial charge on any atom is 0.407 e. The van der Waals surface area contributed by atoms with E-state index in [2.05, 4.69) is 21.9 Å². The van der Waals surface area contributed by atoms with E-state index in [0.29, 0.717) is 30.7 Å². The van der Waals surface area contributed by atoms with Crippen LogP contribution in [0.3, 0.4) is 0 Å². The summed E-state index contributed by atoms with van der Waals surface area (Å²) in [6.45, 7) is 0. The van der Waals surface area contributed by atoms with Crippen molar-refractivity contribution < 1.29 is 14.6 Å². The van der Waals surface area contributed by atoms with E-state index in [-0.39, 0.29) is 6.04 Å². The molecule has 1 aliphatic carbocycles. The lowest BCUT2D eigenvalue weighted by atomic mass is 9.82. The molecule has 1 saturated carbocycles. The largest absolute Gasteiger partial charge is 0.453 e. The molecule has 2 rings (SSSR count). The lowest BCUT2D eigenvalue weighted by Crippen LogP contribution is -2.42. The monoisotopic (exact) mass is 307 g/mol. The van der Waals surface area contributed by atoms with Gasteiger partial charge in [-0.25, -0.2) is 4.79 Å². The molecule has 1 fully saturated rings. The van der Waals surface area contributed by atoms with Crippen LogP contribution < -0.4 is 5.32 Å². The smallest absolute Gasteiger partial charge is 0.407 e. The van der Waals surface area contributed by atoms with Gasteiger partial charge in [-0.05, 0) is 49.9 Å². The van der Waals surface area contributed by atoms with Crippen LogP contribution >= 0.6 is 11.6 Å². The summed E-state index contributed by atoms with van der Waals surface area (Å²) in [5, 5.41) is 13.9. The Bertz CT molecular complexity index is 551. The number of hydrogen-bond donors (Lipinski definition) is 2. The van der Waals surface area contributed by atoms with Crippen molar-refractivity contribution in [3.63, 3.8) is 0 Å². The SMILES string of the molecule is COC(=O)N[C@H]1CC[C@](O)(C#Cc2ccc(Cl)cc2)CC1. The third-order valence-corrected chi connectivity index (χ3v) is 3.86. The van der Waals surface area contributed by atoms with Crippen molar-refractivity contribution in [3.05, 3.63) is 34.9 Å². The van der Waals surface area contributed by atoms with Crippen molar-refractivity contribution in [1.82, 2.24) is 5.32 Å². The van der Waals surface area contributed by atoms with Crippen molar-refractivity contribution in [3.8, 4) is 11.8 Å². The second-order valence-electron chi connectivity index (χ2n) is 5.20. The number of carbonyl (C=O) groups excluding carboxylic acids is 1. The Hall–Kier alpha value is -1.70. The summed E-state index contributed by atoms with van der Waals surface area (Å²) >= 11 is 5.82. The third kappa shape index (κ3) is 4.66. The highest BCUT2D eigenvalue weighted by atomic mass is 35.5. The Morgan fingerprint density at radius 3 is 2.57 bits per heavy atom. The van der Waals surface area contributed by atoms with Gasteiger partial charge < -0.3 is 15.2 Å². The van der Waals surface area contributed by atoms with E-state index in [9.17, 15) is 9.90 Å². The summed E-state index contributed by atoms with van der Waals surface area (Å²) in [5.41, 5.74) is -0.170. The molecule has 0 bridgehead atoms. The van der Waals surface area contributed by atoms with Gasteiger partial charge in [-0.1, -0.05) is 23.4 Å². The highest BCUT2D eigenvalue weighted by Crippen LogP contribution is 2.28. The van der Waals surface area contributed by atoms with E-state index < -0.39 is 11.7 Å². The molecule has 1 aromatic carbocycles. The maximum absolute atomic E-state index is 11.1.